The van der Waals surface area contributed by atoms with E-state index in [4.69, 9.17) is 11.1 Å². The number of rotatable bonds is 1. The van der Waals surface area contributed by atoms with E-state index in [0.717, 1.165) is 0 Å². The van der Waals surface area contributed by atoms with Gasteiger partial charge in [0.2, 0.25) is 5.96 Å². The van der Waals surface area contributed by atoms with E-state index in [1.54, 1.807) is 25.5 Å². The van der Waals surface area contributed by atoms with Gasteiger partial charge in [0.05, 0.1) is 6.20 Å². The number of nitrogens with one attached hydrogen (secondary N) is 1. The zero-order valence-corrected chi connectivity index (χ0v) is 5.65. The topological polar surface area (TPSA) is 70.9 Å². The molecule has 0 fully saturated rings. The monoisotopic (exact) mass is 139 g/mol. The molecule has 0 aliphatic heterocycles. The molecule has 0 spiro atoms. The van der Waals surface area contributed by atoms with Gasteiger partial charge in [0, 0.05) is 13.2 Å². The zero-order chi connectivity index (χ0) is 7.56. The molecule has 10 heavy (non-hydrogen) atoms. The predicted octanol–water partition coefficient (Wildman–Crippen LogP) is -0.656. The van der Waals surface area contributed by atoms with Crippen LogP contribution in [0.2, 0.25) is 0 Å². The summed E-state index contributed by atoms with van der Waals surface area (Å²) in [5, 5.41) is 12.3. The molecule has 0 amide bonds. The second-order valence-electron chi connectivity index (χ2n) is 1.84. The molecule has 0 radical (unpaired) electrons. The smallest absolute Gasteiger partial charge is 0.208 e. The van der Waals surface area contributed by atoms with E-state index in [-0.39, 0.29) is 5.96 Å². The number of guanidine groups is 1. The maximum atomic E-state index is 7.02. The molecule has 0 aliphatic carbocycles. The molecule has 5 nitrogen and oxygen atoms in total. The summed E-state index contributed by atoms with van der Waals surface area (Å²) >= 11 is 0. The fourth-order valence-corrected chi connectivity index (χ4v) is 0.549. The molecule has 1 heterocycles. The summed E-state index contributed by atoms with van der Waals surface area (Å²) in [6.07, 6.45) is 3.33. The van der Waals surface area contributed by atoms with Gasteiger partial charge in [0.15, 0.2) is 0 Å². The van der Waals surface area contributed by atoms with Crippen LogP contribution in [0.15, 0.2) is 18.5 Å². The van der Waals surface area contributed by atoms with E-state index in [0.29, 0.717) is 0 Å². The highest BCUT2D eigenvalue weighted by Crippen LogP contribution is 1.83. The molecule has 0 aromatic carbocycles. The number of hydrogen-bond donors (Lipinski definition) is 2. The minimum absolute atomic E-state index is 0.0382. The third-order valence-corrected chi connectivity index (χ3v) is 1.15. The third kappa shape index (κ3) is 1.07. The van der Waals surface area contributed by atoms with Gasteiger partial charge in [-0.2, -0.15) is 9.89 Å². The highest BCUT2D eigenvalue weighted by Gasteiger charge is 1.98. The quantitative estimate of drug-likeness (QED) is 0.401. The summed E-state index contributed by atoms with van der Waals surface area (Å²) in [6.45, 7) is 0. The summed E-state index contributed by atoms with van der Waals surface area (Å²) < 4.78 is 0. The van der Waals surface area contributed by atoms with Crippen molar-refractivity contribution in [2.24, 2.45) is 5.73 Å². The van der Waals surface area contributed by atoms with Crippen LogP contribution in [0.4, 0.5) is 0 Å². The first kappa shape index (κ1) is 6.60. The van der Waals surface area contributed by atoms with Crippen molar-refractivity contribution in [2.75, 3.05) is 12.1 Å². The second kappa shape index (κ2) is 2.38. The molecular formula is C5H9N5. The number of nitrogens with two attached hydrogens (primary N) is 1. The van der Waals surface area contributed by atoms with Crippen molar-refractivity contribution in [3.05, 3.63) is 18.5 Å². The molecule has 1 aromatic rings. The van der Waals surface area contributed by atoms with Gasteiger partial charge < -0.3 is 5.73 Å². The molecule has 0 bridgehead atoms. The van der Waals surface area contributed by atoms with Gasteiger partial charge in [0.1, 0.15) is 0 Å². The molecule has 54 valence electrons. The van der Waals surface area contributed by atoms with Gasteiger partial charge in [-0.1, -0.05) is 0 Å². The van der Waals surface area contributed by atoms with Gasteiger partial charge in [-0.15, -0.1) is 0 Å². The van der Waals surface area contributed by atoms with Crippen molar-refractivity contribution in [1.82, 2.24) is 9.89 Å². The average Bonchev–Trinajstić information content (AvgIpc) is 2.36. The van der Waals surface area contributed by atoms with Crippen molar-refractivity contribution in [2.45, 2.75) is 0 Å². The average molecular weight is 139 g/mol. The summed E-state index contributed by atoms with van der Waals surface area (Å²) in [5.41, 5.74) is 5.18. The zero-order valence-electron chi connectivity index (χ0n) is 5.65. The van der Waals surface area contributed by atoms with Crippen molar-refractivity contribution in [1.29, 1.82) is 5.41 Å². The molecule has 3 N–H and O–H groups in total. The molecule has 5 heteroatoms. The Morgan fingerprint density at radius 2 is 2.50 bits per heavy atom. The van der Waals surface area contributed by atoms with Crippen molar-refractivity contribution in [3.8, 4) is 0 Å². The van der Waals surface area contributed by atoms with Gasteiger partial charge >= 0.3 is 0 Å². The van der Waals surface area contributed by atoms with Crippen LogP contribution in [0, 0.1) is 5.41 Å². The van der Waals surface area contributed by atoms with Crippen LogP contribution in [0.25, 0.3) is 0 Å². The van der Waals surface area contributed by atoms with Crippen LogP contribution >= 0.6 is 0 Å². The van der Waals surface area contributed by atoms with Gasteiger partial charge in [-0.3, -0.25) is 5.41 Å². The normalized spacial score (nSPS) is 9.30. The molecule has 0 unspecified atom stereocenters. The summed E-state index contributed by atoms with van der Waals surface area (Å²) in [6, 6.07) is 1.76. The van der Waals surface area contributed by atoms with E-state index in [2.05, 4.69) is 5.10 Å². The van der Waals surface area contributed by atoms with Gasteiger partial charge in [0.25, 0.3) is 0 Å². The first-order valence-corrected chi connectivity index (χ1v) is 2.79. The Morgan fingerprint density at radius 3 is 2.90 bits per heavy atom. The third-order valence-electron chi connectivity index (χ3n) is 1.15. The molecule has 0 saturated carbocycles. The van der Waals surface area contributed by atoms with E-state index in [1.165, 1.54) is 9.80 Å². The first-order valence-electron chi connectivity index (χ1n) is 2.79. The van der Waals surface area contributed by atoms with Crippen LogP contribution in [0.1, 0.15) is 0 Å². The van der Waals surface area contributed by atoms with E-state index in [9.17, 15) is 0 Å². The molecule has 1 aromatic heterocycles. The largest absolute Gasteiger partial charge is 0.369 e. The Morgan fingerprint density at radius 1 is 1.80 bits per heavy atom. The van der Waals surface area contributed by atoms with Crippen LogP contribution in [-0.2, 0) is 0 Å². The molecule has 1 rings (SSSR count). The van der Waals surface area contributed by atoms with Crippen LogP contribution in [-0.4, -0.2) is 22.9 Å². The number of hydrogen-bond acceptors (Lipinski definition) is 2. The van der Waals surface area contributed by atoms with Crippen LogP contribution in [0.3, 0.4) is 0 Å². The summed E-state index contributed by atoms with van der Waals surface area (Å²) in [5.74, 6) is -0.0382. The molecular weight excluding hydrogens is 130 g/mol. The minimum atomic E-state index is -0.0382. The van der Waals surface area contributed by atoms with E-state index >= 15 is 0 Å². The molecule has 0 aliphatic rings. The van der Waals surface area contributed by atoms with E-state index in [1.807, 2.05) is 0 Å². The predicted molar refractivity (Wildman–Crippen MR) is 38.3 cm³/mol. The molecule has 0 atom stereocenters. The maximum absolute atomic E-state index is 7.02. The Bertz CT molecular complexity index is 214. The maximum Gasteiger partial charge on any atom is 0.208 e. The summed E-state index contributed by atoms with van der Waals surface area (Å²) in [7, 11) is 1.66. The van der Waals surface area contributed by atoms with Crippen LogP contribution < -0.4 is 10.7 Å². The van der Waals surface area contributed by atoms with Crippen molar-refractivity contribution >= 4 is 5.96 Å². The lowest BCUT2D eigenvalue weighted by atomic mass is 10.8. The lowest BCUT2D eigenvalue weighted by Gasteiger charge is -2.15. The highest BCUT2D eigenvalue weighted by atomic mass is 15.7. The van der Waals surface area contributed by atoms with Crippen molar-refractivity contribution in [3.63, 3.8) is 0 Å². The van der Waals surface area contributed by atoms with Gasteiger partial charge in [-0.25, -0.2) is 5.01 Å². The summed E-state index contributed by atoms with van der Waals surface area (Å²) in [4.78, 5) is 1.47. The first-order chi connectivity index (χ1) is 4.72. The SMILES string of the molecule is CN(C(=N)N)n1cccn1. The standard InChI is InChI=1S/C5H9N5/c1-9(5(6)7)10-4-2-3-8-10/h2-4H,1H3,(H3,6,7). The Labute approximate surface area is 58.5 Å². The fraction of sp³-hybridized carbons (Fsp3) is 0.200. The van der Waals surface area contributed by atoms with Crippen molar-refractivity contribution < 1.29 is 0 Å². The Kier molecular flexibility index (Phi) is 1.57. The fourth-order valence-electron chi connectivity index (χ4n) is 0.549. The second-order valence-corrected chi connectivity index (χ2v) is 1.84. The van der Waals surface area contributed by atoms with Gasteiger partial charge in [-0.05, 0) is 6.07 Å². The highest BCUT2D eigenvalue weighted by molar-refractivity contribution is 5.83. The number of nitrogens with zero attached hydrogens (tertiary/aromatic N) is 3. The Hall–Kier alpha value is -1.52. The van der Waals surface area contributed by atoms with Crippen LogP contribution in [0.5, 0.6) is 0 Å². The lowest BCUT2D eigenvalue weighted by molar-refractivity contribution is 0.682. The number of aromatic nitrogens is 2. The molecule has 0 saturated heterocycles. The minimum Gasteiger partial charge on any atom is -0.369 e. The Balaban J connectivity index is 2.77. The lowest BCUT2D eigenvalue weighted by Crippen LogP contribution is -2.41. The van der Waals surface area contributed by atoms with E-state index < -0.39 is 0 Å².